The van der Waals surface area contributed by atoms with Crippen molar-refractivity contribution in [3.05, 3.63) is 5.32 Å². The molecule has 1 spiro atoms. The molecule has 2 rings (SSSR count). The van der Waals surface area contributed by atoms with Crippen LogP contribution >= 0.6 is 0 Å². The Kier molecular flexibility index (Phi) is 3.84. The van der Waals surface area contributed by atoms with E-state index in [1.54, 1.807) is 0 Å². The molecule has 0 bridgehead atoms. The first-order chi connectivity index (χ1) is 4.41. The van der Waals surface area contributed by atoms with E-state index in [1.165, 1.54) is 25.9 Å². The quantitative estimate of drug-likeness (QED) is 0.402. The predicted molar refractivity (Wildman–Crippen MR) is 37.6 cm³/mol. The zero-order valence-corrected chi connectivity index (χ0v) is 9.81. The SMILES string of the molecule is C1C[N-]CC2(C1)CNC2.[K+]. The van der Waals surface area contributed by atoms with Gasteiger partial charge in [0.05, 0.1) is 0 Å². The molecule has 0 aromatic carbocycles. The number of hydrogen-bond donors (Lipinski definition) is 1. The fourth-order valence-electron chi connectivity index (χ4n) is 1.73. The molecule has 0 saturated carbocycles. The van der Waals surface area contributed by atoms with E-state index in [0.717, 1.165) is 13.1 Å². The van der Waals surface area contributed by atoms with Crippen LogP contribution in [0.1, 0.15) is 12.8 Å². The maximum Gasteiger partial charge on any atom is 1.00 e. The minimum atomic E-state index is 0. The molecule has 2 heterocycles. The zero-order chi connectivity index (χ0) is 6.16. The summed E-state index contributed by atoms with van der Waals surface area (Å²) in [5.74, 6) is 0. The van der Waals surface area contributed by atoms with Crippen LogP contribution in [0.4, 0.5) is 0 Å². The van der Waals surface area contributed by atoms with Crippen LogP contribution in [0.2, 0.25) is 0 Å². The molecule has 2 saturated heterocycles. The molecule has 2 aliphatic heterocycles. The molecule has 0 atom stereocenters. The van der Waals surface area contributed by atoms with Gasteiger partial charge >= 0.3 is 51.4 Å². The van der Waals surface area contributed by atoms with Gasteiger partial charge in [0.2, 0.25) is 0 Å². The molecule has 0 amide bonds. The summed E-state index contributed by atoms with van der Waals surface area (Å²) in [6.07, 6.45) is 2.73. The Hall–Kier alpha value is 1.56. The third-order valence-corrected chi connectivity index (χ3v) is 2.47. The summed E-state index contributed by atoms with van der Waals surface area (Å²) in [6, 6.07) is 0. The van der Waals surface area contributed by atoms with Crippen LogP contribution in [0.15, 0.2) is 0 Å². The van der Waals surface area contributed by atoms with Crippen molar-refractivity contribution >= 4 is 0 Å². The van der Waals surface area contributed by atoms with Crippen molar-refractivity contribution in [2.75, 3.05) is 26.2 Å². The summed E-state index contributed by atoms with van der Waals surface area (Å²) in [7, 11) is 0. The van der Waals surface area contributed by atoms with Crippen molar-refractivity contribution in [2.45, 2.75) is 12.8 Å². The normalized spacial score (nSPS) is 28.8. The molecule has 1 N–H and O–H groups in total. The Labute approximate surface area is 105 Å². The molecular formula is C7H13KN2. The van der Waals surface area contributed by atoms with E-state index in [2.05, 4.69) is 10.6 Å². The number of rotatable bonds is 0. The Balaban J connectivity index is 0.000000500. The van der Waals surface area contributed by atoms with Gasteiger partial charge in [-0.2, -0.15) is 0 Å². The molecule has 2 aliphatic rings. The number of nitrogens with zero attached hydrogens (tertiary/aromatic N) is 1. The smallest absolute Gasteiger partial charge is 0.662 e. The minimum absolute atomic E-state index is 0. The second kappa shape index (κ2) is 3.98. The molecule has 2 fully saturated rings. The van der Waals surface area contributed by atoms with Crippen molar-refractivity contribution in [2.24, 2.45) is 5.41 Å². The Bertz CT molecular complexity index is 104. The average molecular weight is 164 g/mol. The summed E-state index contributed by atoms with van der Waals surface area (Å²) in [5, 5.41) is 7.72. The Morgan fingerprint density at radius 2 is 2.10 bits per heavy atom. The number of hydrogen-bond acceptors (Lipinski definition) is 1. The zero-order valence-electron chi connectivity index (χ0n) is 6.69. The third kappa shape index (κ3) is 1.83. The molecule has 0 unspecified atom stereocenters. The first kappa shape index (κ1) is 9.64. The van der Waals surface area contributed by atoms with Crippen molar-refractivity contribution in [3.8, 4) is 0 Å². The van der Waals surface area contributed by atoms with Gasteiger partial charge in [0.1, 0.15) is 0 Å². The molecule has 52 valence electrons. The fraction of sp³-hybridized carbons (Fsp3) is 1.00. The van der Waals surface area contributed by atoms with E-state index in [-0.39, 0.29) is 51.4 Å². The predicted octanol–water partition coefficient (Wildman–Crippen LogP) is -2.25. The van der Waals surface area contributed by atoms with Gasteiger partial charge in [0.15, 0.2) is 0 Å². The first-order valence-corrected chi connectivity index (χ1v) is 3.75. The molecule has 0 aromatic heterocycles. The maximum absolute atomic E-state index is 4.41. The average Bonchev–Trinajstić information content (AvgIpc) is 1.87. The van der Waals surface area contributed by atoms with Crippen molar-refractivity contribution in [1.29, 1.82) is 0 Å². The van der Waals surface area contributed by atoms with Gasteiger partial charge in [-0.05, 0) is 11.8 Å². The van der Waals surface area contributed by atoms with Gasteiger partial charge in [-0.25, -0.2) is 0 Å². The molecular weight excluding hydrogens is 151 g/mol. The second-order valence-corrected chi connectivity index (χ2v) is 3.31. The van der Waals surface area contributed by atoms with Crippen LogP contribution < -0.4 is 56.7 Å². The van der Waals surface area contributed by atoms with Crippen LogP contribution in [0.25, 0.3) is 5.32 Å². The minimum Gasteiger partial charge on any atom is -0.662 e. The van der Waals surface area contributed by atoms with Crippen LogP contribution in [0.3, 0.4) is 0 Å². The van der Waals surface area contributed by atoms with Gasteiger partial charge in [-0.15, -0.1) is 13.1 Å². The summed E-state index contributed by atoms with van der Waals surface area (Å²) in [5.41, 5.74) is 0.623. The summed E-state index contributed by atoms with van der Waals surface area (Å²) < 4.78 is 0. The molecule has 10 heavy (non-hydrogen) atoms. The van der Waals surface area contributed by atoms with E-state index in [0.29, 0.717) is 5.41 Å². The molecule has 2 nitrogen and oxygen atoms in total. The Morgan fingerprint density at radius 1 is 1.30 bits per heavy atom. The van der Waals surface area contributed by atoms with Crippen molar-refractivity contribution in [3.63, 3.8) is 0 Å². The third-order valence-electron chi connectivity index (χ3n) is 2.47. The van der Waals surface area contributed by atoms with Crippen molar-refractivity contribution in [1.82, 2.24) is 5.32 Å². The Morgan fingerprint density at radius 3 is 2.40 bits per heavy atom. The van der Waals surface area contributed by atoms with Gasteiger partial charge < -0.3 is 10.6 Å². The van der Waals surface area contributed by atoms with Gasteiger partial charge in [-0.3, -0.25) is 0 Å². The van der Waals surface area contributed by atoms with E-state index >= 15 is 0 Å². The molecule has 0 aromatic rings. The molecule has 0 aliphatic carbocycles. The van der Waals surface area contributed by atoms with Crippen LogP contribution in [-0.4, -0.2) is 26.2 Å². The van der Waals surface area contributed by atoms with E-state index in [4.69, 9.17) is 0 Å². The van der Waals surface area contributed by atoms with Gasteiger partial charge in [-0.1, -0.05) is 6.42 Å². The summed E-state index contributed by atoms with van der Waals surface area (Å²) >= 11 is 0. The first-order valence-electron chi connectivity index (χ1n) is 3.75. The second-order valence-electron chi connectivity index (χ2n) is 3.31. The topological polar surface area (TPSA) is 26.1 Å². The fourth-order valence-corrected chi connectivity index (χ4v) is 1.73. The maximum atomic E-state index is 4.41. The van der Waals surface area contributed by atoms with Crippen LogP contribution in [0.5, 0.6) is 0 Å². The van der Waals surface area contributed by atoms with E-state index < -0.39 is 0 Å². The van der Waals surface area contributed by atoms with E-state index in [9.17, 15) is 0 Å². The number of piperidine rings is 1. The van der Waals surface area contributed by atoms with E-state index in [1.807, 2.05) is 0 Å². The molecule has 3 heteroatoms. The monoisotopic (exact) mass is 164 g/mol. The van der Waals surface area contributed by atoms with Crippen LogP contribution in [-0.2, 0) is 0 Å². The number of nitrogens with one attached hydrogen (secondary N) is 1. The van der Waals surface area contributed by atoms with Gasteiger partial charge in [0.25, 0.3) is 0 Å². The standard InChI is InChI=1S/C7H13N2.K/c1-2-7(4-8-3-1)5-9-6-7;/h9H,1-6H2;/q-1;+1. The largest absolute Gasteiger partial charge is 1.00 e. The summed E-state index contributed by atoms with van der Waals surface area (Å²) in [6.45, 7) is 4.68. The summed E-state index contributed by atoms with van der Waals surface area (Å²) in [4.78, 5) is 0. The van der Waals surface area contributed by atoms with Crippen molar-refractivity contribution < 1.29 is 51.4 Å². The van der Waals surface area contributed by atoms with Gasteiger partial charge in [0, 0.05) is 13.1 Å². The molecule has 0 radical (unpaired) electrons. The van der Waals surface area contributed by atoms with Crippen LogP contribution in [0, 0.1) is 5.41 Å².